The third kappa shape index (κ3) is 2.06. The monoisotopic (exact) mass is 353 g/mol. The van der Waals surface area contributed by atoms with Gasteiger partial charge in [-0.2, -0.15) is 0 Å². The molecular weight excluding hydrogens is 350 g/mol. The van der Waals surface area contributed by atoms with Crippen molar-refractivity contribution >= 4 is 54.5 Å². The van der Waals surface area contributed by atoms with E-state index in [1.807, 2.05) is 6.07 Å². The molecule has 2 N–H and O–H groups in total. The number of hydrogen-bond donors (Lipinski definition) is 1. The van der Waals surface area contributed by atoms with Crippen molar-refractivity contribution in [2.24, 2.45) is 5.73 Å². The van der Waals surface area contributed by atoms with Crippen molar-refractivity contribution < 1.29 is 0 Å². The Kier molecular flexibility index (Phi) is 3.33. The summed E-state index contributed by atoms with van der Waals surface area (Å²) < 4.78 is 2.11. The normalized spacial score (nSPS) is 10.8. The molecule has 3 nitrogen and oxygen atoms in total. The molecule has 74 valence electrons. The molecule has 0 fully saturated rings. The van der Waals surface area contributed by atoms with Crippen LogP contribution in [-0.2, 0) is 6.54 Å². The summed E-state index contributed by atoms with van der Waals surface area (Å²) in [6, 6.07) is 2.02. The standard InChI is InChI=1S/C7H5Br2N3S2/c8-3-1-4(13-6(3)9)7-12-11-5(2-10)14-7/h1H,2,10H2. The van der Waals surface area contributed by atoms with Crippen molar-refractivity contribution in [3.05, 3.63) is 19.3 Å². The molecule has 0 aromatic carbocycles. The molecule has 2 aromatic rings. The van der Waals surface area contributed by atoms with Crippen molar-refractivity contribution in [2.45, 2.75) is 6.54 Å². The second-order valence-electron chi connectivity index (χ2n) is 2.44. The fourth-order valence-electron chi connectivity index (χ4n) is 0.888. The summed E-state index contributed by atoms with van der Waals surface area (Å²) in [6.07, 6.45) is 0. The highest BCUT2D eigenvalue weighted by Gasteiger charge is 2.10. The second kappa shape index (κ2) is 4.36. The lowest BCUT2D eigenvalue weighted by Gasteiger charge is -1.83. The summed E-state index contributed by atoms with van der Waals surface area (Å²) in [5.74, 6) is 0. The third-order valence-corrected chi connectivity index (χ3v) is 5.87. The molecule has 0 unspecified atom stereocenters. The van der Waals surface area contributed by atoms with Gasteiger partial charge in [0.05, 0.1) is 8.66 Å². The summed E-state index contributed by atoms with van der Waals surface area (Å²) in [4.78, 5) is 1.10. The summed E-state index contributed by atoms with van der Waals surface area (Å²) >= 11 is 10.0. The fraction of sp³-hybridized carbons (Fsp3) is 0.143. The Bertz CT molecular complexity index is 432. The van der Waals surface area contributed by atoms with Crippen LogP contribution in [0.15, 0.2) is 14.3 Å². The number of thiophene rings is 1. The van der Waals surface area contributed by atoms with E-state index in [4.69, 9.17) is 5.73 Å². The molecule has 2 heterocycles. The zero-order chi connectivity index (χ0) is 10.1. The number of aromatic nitrogens is 2. The van der Waals surface area contributed by atoms with Gasteiger partial charge in [0.2, 0.25) is 0 Å². The Morgan fingerprint density at radius 1 is 1.29 bits per heavy atom. The van der Waals surface area contributed by atoms with E-state index in [-0.39, 0.29) is 0 Å². The van der Waals surface area contributed by atoms with Crippen molar-refractivity contribution in [3.8, 4) is 9.88 Å². The maximum absolute atomic E-state index is 5.47. The quantitative estimate of drug-likeness (QED) is 0.900. The van der Waals surface area contributed by atoms with Crippen LogP contribution in [0, 0.1) is 0 Å². The lowest BCUT2D eigenvalue weighted by molar-refractivity contribution is 0.961. The van der Waals surface area contributed by atoms with Crippen LogP contribution in [0.1, 0.15) is 5.01 Å². The second-order valence-corrected chi connectivity index (χ2v) is 6.72. The highest BCUT2D eigenvalue weighted by atomic mass is 79.9. The third-order valence-electron chi connectivity index (χ3n) is 1.50. The Labute approximate surface area is 106 Å². The minimum atomic E-state index is 0.450. The van der Waals surface area contributed by atoms with E-state index < -0.39 is 0 Å². The van der Waals surface area contributed by atoms with Gasteiger partial charge < -0.3 is 5.73 Å². The van der Waals surface area contributed by atoms with Crippen molar-refractivity contribution in [1.29, 1.82) is 0 Å². The molecule has 0 spiro atoms. The first-order valence-corrected chi connectivity index (χ1v) is 6.90. The number of nitrogens with two attached hydrogens (primary N) is 1. The predicted octanol–water partition coefficient (Wildman–Crippen LogP) is 3.25. The summed E-state index contributed by atoms with van der Waals surface area (Å²) in [5, 5.41) is 9.82. The average molecular weight is 355 g/mol. The highest BCUT2D eigenvalue weighted by Crippen LogP contribution is 2.38. The molecular formula is C7H5Br2N3S2. The highest BCUT2D eigenvalue weighted by molar-refractivity contribution is 9.13. The molecule has 0 radical (unpaired) electrons. The maximum Gasteiger partial charge on any atom is 0.157 e. The maximum atomic E-state index is 5.47. The predicted molar refractivity (Wildman–Crippen MR) is 66.5 cm³/mol. The summed E-state index contributed by atoms with van der Waals surface area (Å²) in [6.45, 7) is 0.450. The first-order valence-electron chi connectivity index (χ1n) is 3.68. The zero-order valence-corrected chi connectivity index (χ0v) is 11.6. The Hall–Kier alpha value is 0.180. The van der Waals surface area contributed by atoms with Gasteiger partial charge in [-0.15, -0.1) is 21.5 Å². The van der Waals surface area contributed by atoms with E-state index in [1.54, 1.807) is 11.3 Å². The first kappa shape index (κ1) is 10.7. The van der Waals surface area contributed by atoms with Crippen molar-refractivity contribution in [3.63, 3.8) is 0 Å². The number of rotatable bonds is 2. The molecule has 0 aliphatic heterocycles. The van der Waals surface area contributed by atoms with E-state index in [1.165, 1.54) is 11.3 Å². The van der Waals surface area contributed by atoms with E-state index >= 15 is 0 Å². The van der Waals surface area contributed by atoms with Crippen LogP contribution in [0.4, 0.5) is 0 Å². The van der Waals surface area contributed by atoms with Gasteiger partial charge in [0.25, 0.3) is 0 Å². The Balaban J connectivity index is 2.39. The fourth-order valence-corrected chi connectivity index (χ4v) is 3.68. The van der Waals surface area contributed by atoms with Crippen LogP contribution >= 0.6 is 54.5 Å². The smallest absolute Gasteiger partial charge is 0.157 e. The number of halogens is 2. The summed E-state index contributed by atoms with van der Waals surface area (Å²) in [5.41, 5.74) is 5.47. The minimum Gasteiger partial charge on any atom is -0.324 e. The lowest BCUT2D eigenvalue weighted by atomic mass is 10.5. The molecule has 14 heavy (non-hydrogen) atoms. The molecule has 0 atom stereocenters. The molecule has 0 saturated heterocycles. The van der Waals surface area contributed by atoms with Crippen LogP contribution in [-0.4, -0.2) is 10.2 Å². The first-order chi connectivity index (χ1) is 6.70. The largest absolute Gasteiger partial charge is 0.324 e. The Morgan fingerprint density at radius 2 is 2.07 bits per heavy atom. The molecule has 2 aromatic heterocycles. The van der Waals surface area contributed by atoms with E-state index in [0.29, 0.717) is 6.54 Å². The van der Waals surface area contributed by atoms with E-state index in [0.717, 1.165) is 23.2 Å². The molecule has 0 aliphatic carbocycles. The molecule has 0 amide bonds. The Morgan fingerprint density at radius 3 is 2.57 bits per heavy atom. The van der Waals surface area contributed by atoms with Gasteiger partial charge in [-0.05, 0) is 37.9 Å². The van der Waals surface area contributed by atoms with Crippen LogP contribution in [0.2, 0.25) is 0 Å². The van der Waals surface area contributed by atoms with Gasteiger partial charge in [0.1, 0.15) is 5.01 Å². The average Bonchev–Trinajstić information content (AvgIpc) is 2.74. The van der Waals surface area contributed by atoms with Crippen LogP contribution < -0.4 is 5.73 Å². The van der Waals surface area contributed by atoms with Crippen molar-refractivity contribution in [1.82, 2.24) is 10.2 Å². The van der Waals surface area contributed by atoms with Gasteiger partial charge in [0.15, 0.2) is 5.01 Å². The molecule has 2 rings (SSSR count). The van der Waals surface area contributed by atoms with Gasteiger partial charge in [-0.1, -0.05) is 11.3 Å². The van der Waals surface area contributed by atoms with E-state index in [9.17, 15) is 0 Å². The SMILES string of the molecule is NCc1nnc(-c2cc(Br)c(Br)s2)s1. The van der Waals surface area contributed by atoms with E-state index in [2.05, 4.69) is 42.1 Å². The zero-order valence-electron chi connectivity index (χ0n) is 6.83. The topological polar surface area (TPSA) is 51.8 Å². The molecule has 7 heteroatoms. The summed E-state index contributed by atoms with van der Waals surface area (Å²) in [7, 11) is 0. The van der Waals surface area contributed by atoms with Gasteiger partial charge in [-0.25, -0.2) is 0 Å². The molecule has 0 saturated carbocycles. The molecule has 0 bridgehead atoms. The minimum absolute atomic E-state index is 0.450. The van der Waals surface area contributed by atoms with Crippen LogP contribution in [0.3, 0.4) is 0 Å². The number of hydrogen-bond acceptors (Lipinski definition) is 5. The van der Waals surface area contributed by atoms with Crippen LogP contribution in [0.25, 0.3) is 9.88 Å². The van der Waals surface area contributed by atoms with Crippen molar-refractivity contribution in [2.75, 3.05) is 0 Å². The van der Waals surface area contributed by atoms with Gasteiger partial charge >= 0.3 is 0 Å². The number of nitrogens with zero attached hydrogens (tertiary/aromatic N) is 2. The molecule has 0 aliphatic rings. The lowest BCUT2D eigenvalue weighted by Crippen LogP contribution is -1.94. The van der Waals surface area contributed by atoms with Gasteiger partial charge in [0, 0.05) is 11.0 Å². The van der Waals surface area contributed by atoms with Crippen LogP contribution in [0.5, 0.6) is 0 Å². The van der Waals surface area contributed by atoms with Gasteiger partial charge in [-0.3, -0.25) is 0 Å².